The van der Waals surface area contributed by atoms with Gasteiger partial charge >= 0.3 is 6.01 Å². The molecular formula is C18H16ClN3O4S. The van der Waals surface area contributed by atoms with Gasteiger partial charge in [0.2, 0.25) is 5.89 Å². The van der Waals surface area contributed by atoms with E-state index in [4.69, 9.17) is 16.0 Å². The second-order valence-electron chi connectivity index (χ2n) is 5.99. The summed E-state index contributed by atoms with van der Waals surface area (Å²) < 4.78 is 29.7. The molecule has 1 heterocycles. The Hall–Kier alpha value is -2.71. The van der Waals surface area contributed by atoms with E-state index in [0.717, 1.165) is 0 Å². The number of rotatable bonds is 5. The third kappa shape index (κ3) is 4.17. The van der Waals surface area contributed by atoms with Crippen LogP contribution >= 0.6 is 11.6 Å². The second-order valence-corrected chi connectivity index (χ2v) is 8.93. The zero-order valence-corrected chi connectivity index (χ0v) is 16.1. The predicted octanol–water partition coefficient (Wildman–Crippen LogP) is 3.82. The lowest BCUT2D eigenvalue weighted by atomic mass is 10.2. The number of anilines is 1. The molecule has 0 saturated heterocycles. The third-order valence-electron chi connectivity index (χ3n) is 3.80. The van der Waals surface area contributed by atoms with Crippen LogP contribution in [0.3, 0.4) is 0 Å². The molecule has 9 heteroatoms. The first-order valence-corrected chi connectivity index (χ1v) is 9.94. The van der Waals surface area contributed by atoms with Gasteiger partial charge in [0.15, 0.2) is 9.84 Å². The highest BCUT2D eigenvalue weighted by atomic mass is 35.5. The quantitative estimate of drug-likeness (QED) is 0.692. The van der Waals surface area contributed by atoms with E-state index in [1.165, 1.54) is 12.1 Å². The molecular weight excluding hydrogens is 390 g/mol. The van der Waals surface area contributed by atoms with Gasteiger partial charge in [0, 0.05) is 16.1 Å². The lowest BCUT2D eigenvalue weighted by molar-refractivity contribution is 0.102. The number of halogens is 1. The normalized spacial score (nSPS) is 11.6. The van der Waals surface area contributed by atoms with Crippen LogP contribution in [0.25, 0.3) is 11.5 Å². The van der Waals surface area contributed by atoms with Gasteiger partial charge in [0.05, 0.1) is 10.1 Å². The second kappa shape index (κ2) is 7.50. The molecule has 0 fully saturated rings. The van der Waals surface area contributed by atoms with E-state index in [9.17, 15) is 13.2 Å². The molecule has 0 atom stereocenters. The highest BCUT2D eigenvalue weighted by Gasteiger charge is 2.19. The molecule has 1 N–H and O–H groups in total. The van der Waals surface area contributed by atoms with E-state index in [2.05, 4.69) is 15.5 Å². The van der Waals surface area contributed by atoms with E-state index < -0.39 is 21.0 Å². The number of nitrogens with zero attached hydrogens (tertiary/aromatic N) is 2. The highest BCUT2D eigenvalue weighted by Crippen LogP contribution is 2.23. The Kier molecular flexibility index (Phi) is 5.29. The molecule has 1 amide bonds. The zero-order chi connectivity index (χ0) is 19.6. The molecule has 0 radical (unpaired) electrons. The van der Waals surface area contributed by atoms with E-state index in [1.54, 1.807) is 50.2 Å². The van der Waals surface area contributed by atoms with Crippen LogP contribution in [0, 0.1) is 0 Å². The molecule has 3 rings (SSSR count). The molecule has 0 aliphatic carbocycles. The highest BCUT2D eigenvalue weighted by molar-refractivity contribution is 7.92. The molecule has 0 bridgehead atoms. The van der Waals surface area contributed by atoms with Gasteiger partial charge < -0.3 is 4.42 Å². The van der Waals surface area contributed by atoms with E-state index in [0.29, 0.717) is 16.1 Å². The summed E-state index contributed by atoms with van der Waals surface area (Å²) in [7, 11) is -3.35. The molecule has 0 aliphatic rings. The van der Waals surface area contributed by atoms with Gasteiger partial charge in [0.1, 0.15) is 0 Å². The summed E-state index contributed by atoms with van der Waals surface area (Å²) in [5, 5.41) is 10.2. The van der Waals surface area contributed by atoms with Crippen molar-refractivity contribution >= 4 is 33.4 Å². The van der Waals surface area contributed by atoms with E-state index in [1.807, 2.05) is 0 Å². The molecule has 0 aliphatic heterocycles. The SMILES string of the molecule is CC(C)S(=O)(=O)c1ccc(-c2nnc(NC(=O)c3ccc(Cl)cc3)o2)cc1. The maximum absolute atomic E-state index is 12.2. The summed E-state index contributed by atoms with van der Waals surface area (Å²) >= 11 is 5.79. The van der Waals surface area contributed by atoms with E-state index >= 15 is 0 Å². The fraction of sp³-hybridized carbons (Fsp3) is 0.167. The minimum absolute atomic E-state index is 0.0659. The number of carbonyl (C=O) groups excluding carboxylic acids is 1. The largest absolute Gasteiger partial charge is 0.403 e. The Labute approximate surface area is 161 Å². The fourth-order valence-corrected chi connectivity index (χ4v) is 3.41. The van der Waals surface area contributed by atoms with Crippen molar-refractivity contribution in [3.63, 3.8) is 0 Å². The minimum Gasteiger partial charge on any atom is -0.403 e. The van der Waals surface area contributed by atoms with Gasteiger partial charge in [-0.15, -0.1) is 5.10 Å². The lowest BCUT2D eigenvalue weighted by Crippen LogP contribution is -2.13. The molecule has 2 aromatic carbocycles. The molecule has 3 aromatic rings. The number of hydrogen-bond donors (Lipinski definition) is 1. The maximum atomic E-state index is 12.2. The third-order valence-corrected chi connectivity index (χ3v) is 6.22. The van der Waals surface area contributed by atoms with Crippen molar-refractivity contribution in [1.29, 1.82) is 0 Å². The zero-order valence-electron chi connectivity index (χ0n) is 14.5. The molecule has 27 heavy (non-hydrogen) atoms. The van der Waals surface area contributed by atoms with Gasteiger partial charge in [-0.05, 0) is 62.4 Å². The number of aromatic nitrogens is 2. The van der Waals surface area contributed by atoms with Crippen LogP contribution in [0.1, 0.15) is 24.2 Å². The Morgan fingerprint density at radius 3 is 2.26 bits per heavy atom. The van der Waals surface area contributed by atoms with Gasteiger partial charge in [-0.25, -0.2) is 8.42 Å². The topological polar surface area (TPSA) is 102 Å². The average molecular weight is 406 g/mol. The molecule has 0 spiro atoms. The van der Waals surface area contributed by atoms with Crippen molar-refractivity contribution < 1.29 is 17.6 Å². The number of sulfone groups is 1. The number of benzene rings is 2. The Bertz CT molecular complexity index is 1060. The van der Waals surface area contributed by atoms with Crippen molar-refractivity contribution in [3.05, 3.63) is 59.1 Å². The maximum Gasteiger partial charge on any atom is 0.322 e. The smallest absolute Gasteiger partial charge is 0.322 e. The van der Waals surface area contributed by atoms with Gasteiger partial charge in [0.25, 0.3) is 5.91 Å². The van der Waals surface area contributed by atoms with Crippen molar-refractivity contribution in [2.45, 2.75) is 24.0 Å². The monoisotopic (exact) mass is 405 g/mol. The van der Waals surface area contributed by atoms with Gasteiger partial charge in [-0.1, -0.05) is 16.7 Å². The first kappa shape index (κ1) is 19.1. The van der Waals surface area contributed by atoms with Crippen molar-refractivity contribution in [2.24, 2.45) is 0 Å². The summed E-state index contributed by atoms with van der Waals surface area (Å²) in [5.74, 6) is -0.254. The minimum atomic E-state index is -3.35. The Balaban J connectivity index is 1.76. The van der Waals surface area contributed by atoms with Crippen molar-refractivity contribution in [1.82, 2.24) is 10.2 Å². The summed E-state index contributed by atoms with van der Waals surface area (Å²) in [6, 6.07) is 12.4. The predicted molar refractivity (Wildman–Crippen MR) is 101 cm³/mol. The van der Waals surface area contributed by atoms with Crippen LogP contribution in [0.5, 0.6) is 0 Å². The summed E-state index contributed by atoms with van der Waals surface area (Å²) in [5.41, 5.74) is 0.930. The van der Waals surface area contributed by atoms with Crippen molar-refractivity contribution in [2.75, 3.05) is 5.32 Å². The molecule has 7 nitrogen and oxygen atoms in total. The standard InChI is InChI=1S/C18H16ClN3O4S/c1-11(2)27(24,25)15-9-5-13(6-10-15)17-21-22-18(26-17)20-16(23)12-3-7-14(19)8-4-12/h3-11H,1-2H3,(H,20,22,23). The average Bonchev–Trinajstić information content (AvgIpc) is 3.10. The van der Waals surface area contributed by atoms with E-state index in [-0.39, 0.29) is 16.8 Å². The summed E-state index contributed by atoms with van der Waals surface area (Å²) in [6.45, 7) is 3.24. The fourth-order valence-electron chi connectivity index (χ4n) is 2.22. The molecule has 140 valence electrons. The number of nitrogens with one attached hydrogen (secondary N) is 1. The van der Waals surface area contributed by atoms with Crippen LogP contribution in [0.2, 0.25) is 5.02 Å². The van der Waals surface area contributed by atoms with Crippen LogP contribution < -0.4 is 5.32 Å². The molecule has 1 aromatic heterocycles. The number of hydrogen-bond acceptors (Lipinski definition) is 6. The van der Waals surface area contributed by atoms with Crippen LogP contribution in [-0.4, -0.2) is 29.8 Å². The van der Waals surface area contributed by atoms with Crippen molar-refractivity contribution in [3.8, 4) is 11.5 Å². The molecule has 0 saturated carbocycles. The Morgan fingerprint density at radius 1 is 1.04 bits per heavy atom. The summed E-state index contributed by atoms with van der Waals surface area (Å²) in [4.78, 5) is 12.4. The molecule has 0 unspecified atom stereocenters. The van der Waals surface area contributed by atoms with Crippen LogP contribution in [-0.2, 0) is 9.84 Å². The first-order chi connectivity index (χ1) is 12.8. The lowest BCUT2D eigenvalue weighted by Gasteiger charge is -2.07. The number of amides is 1. The first-order valence-electron chi connectivity index (χ1n) is 8.02. The van der Waals surface area contributed by atoms with Gasteiger partial charge in [-0.2, -0.15) is 0 Å². The van der Waals surface area contributed by atoms with Crippen LogP contribution in [0.4, 0.5) is 6.01 Å². The summed E-state index contributed by atoms with van der Waals surface area (Å²) in [6.07, 6.45) is 0. The van der Waals surface area contributed by atoms with Gasteiger partial charge in [-0.3, -0.25) is 10.1 Å². The number of carbonyl (C=O) groups is 1. The Morgan fingerprint density at radius 2 is 1.67 bits per heavy atom. The van der Waals surface area contributed by atoms with Crippen LogP contribution in [0.15, 0.2) is 57.8 Å².